The van der Waals surface area contributed by atoms with Gasteiger partial charge in [-0.3, -0.25) is 14.9 Å². The van der Waals surface area contributed by atoms with Gasteiger partial charge in [0.1, 0.15) is 0 Å². The monoisotopic (exact) mass is 312 g/mol. The number of hydrogen-bond acceptors (Lipinski definition) is 6. The normalized spacial score (nSPS) is 22.0. The smallest absolute Gasteiger partial charge is 0.324 e. The highest BCUT2D eigenvalue weighted by molar-refractivity contribution is 7.13. The summed E-state index contributed by atoms with van der Waals surface area (Å²) in [5.41, 5.74) is 0.944. The highest BCUT2D eigenvalue weighted by atomic mass is 32.1. The van der Waals surface area contributed by atoms with E-state index in [1.807, 2.05) is 12.3 Å². The zero-order valence-electron chi connectivity index (χ0n) is 12.0. The van der Waals surface area contributed by atoms with Gasteiger partial charge in [0, 0.05) is 24.0 Å². The van der Waals surface area contributed by atoms with Crippen molar-refractivity contribution in [2.45, 2.75) is 45.2 Å². The second-order valence-electron chi connectivity index (χ2n) is 5.23. The number of nitrogens with one attached hydrogen (secondary N) is 1. The van der Waals surface area contributed by atoms with E-state index in [1.165, 1.54) is 0 Å². The van der Waals surface area contributed by atoms with Gasteiger partial charge >= 0.3 is 11.0 Å². The summed E-state index contributed by atoms with van der Waals surface area (Å²) in [7, 11) is 0. The minimum Gasteiger partial charge on any atom is -0.466 e. The molecule has 1 heterocycles. The summed E-state index contributed by atoms with van der Waals surface area (Å²) in [6, 6.07) is 1.98. The number of thiophene rings is 1. The van der Waals surface area contributed by atoms with Crippen LogP contribution in [0.1, 0.15) is 38.2 Å². The Labute approximate surface area is 127 Å². The maximum absolute atomic E-state index is 11.6. The van der Waals surface area contributed by atoms with Crippen LogP contribution < -0.4 is 5.32 Å². The van der Waals surface area contributed by atoms with Crippen LogP contribution in [-0.2, 0) is 16.1 Å². The minimum atomic E-state index is -0.362. The van der Waals surface area contributed by atoms with Gasteiger partial charge in [-0.15, -0.1) is 0 Å². The van der Waals surface area contributed by atoms with Crippen LogP contribution in [-0.4, -0.2) is 23.5 Å². The molecule has 2 rings (SSSR count). The first-order valence-corrected chi connectivity index (χ1v) is 8.10. The Morgan fingerprint density at radius 1 is 1.48 bits per heavy atom. The molecule has 1 fully saturated rings. The number of nitro groups is 1. The molecule has 1 aromatic rings. The third kappa shape index (κ3) is 4.50. The molecule has 0 aliphatic heterocycles. The molecule has 6 nitrogen and oxygen atoms in total. The Kier molecular flexibility index (Phi) is 5.69. The molecule has 1 aromatic heterocycles. The Bertz CT molecular complexity index is 495. The zero-order chi connectivity index (χ0) is 15.2. The first kappa shape index (κ1) is 15.9. The van der Waals surface area contributed by atoms with Gasteiger partial charge in [0.25, 0.3) is 0 Å². The first-order valence-electron chi connectivity index (χ1n) is 7.22. The lowest BCUT2D eigenvalue weighted by Crippen LogP contribution is -2.35. The van der Waals surface area contributed by atoms with Crippen LogP contribution in [0.5, 0.6) is 0 Å². The van der Waals surface area contributed by atoms with E-state index in [1.54, 1.807) is 6.07 Å². The number of hydrogen-bond donors (Lipinski definition) is 1. The Balaban J connectivity index is 1.73. The average Bonchev–Trinajstić information content (AvgIpc) is 2.95. The van der Waals surface area contributed by atoms with Crippen molar-refractivity contribution in [1.82, 2.24) is 5.32 Å². The predicted octanol–water partition coefficient (Wildman–Crippen LogP) is 2.87. The Morgan fingerprint density at radius 3 is 2.76 bits per heavy atom. The SMILES string of the molecule is CCOC(=O)C1CCC(NCc2csc([N+](=O)[O-])c2)CC1. The average molecular weight is 312 g/mol. The number of carbonyl (C=O) groups is 1. The third-order valence-corrected chi connectivity index (χ3v) is 4.69. The number of rotatable bonds is 6. The fourth-order valence-electron chi connectivity index (χ4n) is 2.61. The van der Waals surface area contributed by atoms with Gasteiger partial charge in [0.05, 0.1) is 17.4 Å². The second kappa shape index (κ2) is 7.51. The molecule has 1 saturated carbocycles. The van der Waals surface area contributed by atoms with Gasteiger partial charge in [0.2, 0.25) is 0 Å². The van der Waals surface area contributed by atoms with E-state index < -0.39 is 0 Å². The van der Waals surface area contributed by atoms with Crippen LogP contribution in [0.2, 0.25) is 0 Å². The molecule has 0 atom stereocenters. The molecule has 0 unspecified atom stereocenters. The lowest BCUT2D eigenvalue weighted by atomic mass is 9.86. The molecule has 0 amide bonds. The van der Waals surface area contributed by atoms with Crippen molar-refractivity contribution in [1.29, 1.82) is 0 Å². The molecule has 0 radical (unpaired) electrons. The van der Waals surface area contributed by atoms with E-state index in [0.29, 0.717) is 19.2 Å². The second-order valence-corrected chi connectivity index (χ2v) is 6.12. The standard InChI is InChI=1S/C14H20N2O4S/c1-2-20-14(17)11-3-5-12(6-4-11)15-8-10-7-13(16(18)19)21-9-10/h7,9,11-12,15H,2-6,8H2,1H3. The van der Waals surface area contributed by atoms with Crippen molar-refractivity contribution >= 4 is 22.3 Å². The summed E-state index contributed by atoms with van der Waals surface area (Å²) in [6.45, 7) is 2.90. The summed E-state index contributed by atoms with van der Waals surface area (Å²) in [5.74, 6) is -0.0466. The lowest BCUT2D eigenvalue weighted by molar-refractivity contribution is -0.380. The number of ether oxygens (including phenoxy) is 1. The summed E-state index contributed by atoms with van der Waals surface area (Å²) < 4.78 is 5.05. The maximum Gasteiger partial charge on any atom is 0.324 e. The molecule has 1 aliphatic rings. The third-order valence-electron chi connectivity index (χ3n) is 3.76. The molecular weight excluding hydrogens is 292 g/mol. The number of carbonyl (C=O) groups excluding carboxylic acids is 1. The van der Waals surface area contributed by atoms with Crippen molar-refractivity contribution in [3.8, 4) is 0 Å². The highest BCUT2D eigenvalue weighted by Crippen LogP contribution is 2.26. The molecule has 0 bridgehead atoms. The van der Waals surface area contributed by atoms with Gasteiger partial charge in [-0.25, -0.2) is 0 Å². The highest BCUT2D eigenvalue weighted by Gasteiger charge is 2.27. The minimum absolute atomic E-state index is 0.0326. The van der Waals surface area contributed by atoms with Crippen LogP contribution in [0.4, 0.5) is 5.00 Å². The van der Waals surface area contributed by atoms with E-state index in [-0.39, 0.29) is 21.8 Å². The van der Waals surface area contributed by atoms with Crippen LogP contribution in [0.25, 0.3) is 0 Å². The van der Waals surface area contributed by atoms with Gasteiger partial charge < -0.3 is 10.1 Å². The summed E-state index contributed by atoms with van der Waals surface area (Å²) in [4.78, 5) is 21.9. The fraction of sp³-hybridized carbons (Fsp3) is 0.643. The van der Waals surface area contributed by atoms with Crippen molar-refractivity contribution in [3.05, 3.63) is 27.1 Å². The van der Waals surface area contributed by atoms with Crippen molar-refractivity contribution in [2.75, 3.05) is 6.61 Å². The van der Waals surface area contributed by atoms with E-state index >= 15 is 0 Å². The van der Waals surface area contributed by atoms with Crippen LogP contribution in [0.3, 0.4) is 0 Å². The van der Waals surface area contributed by atoms with Crippen molar-refractivity contribution in [2.24, 2.45) is 5.92 Å². The van der Waals surface area contributed by atoms with Gasteiger partial charge in [0.15, 0.2) is 0 Å². The lowest BCUT2D eigenvalue weighted by Gasteiger charge is -2.27. The zero-order valence-corrected chi connectivity index (χ0v) is 12.9. The van der Waals surface area contributed by atoms with Gasteiger partial charge in [-0.05, 0) is 38.2 Å². The summed E-state index contributed by atoms with van der Waals surface area (Å²) in [6.07, 6.45) is 3.58. The molecule has 116 valence electrons. The number of esters is 1. The summed E-state index contributed by atoms with van der Waals surface area (Å²) in [5, 5.41) is 16.0. The predicted molar refractivity (Wildman–Crippen MR) is 80.2 cm³/mol. The van der Waals surface area contributed by atoms with E-state index in [2.05, 4.69) is 5.32 Å². The Hall–Kier alpha value is -1.47. The topological polar surface area (TPSA) is 81.5 Å². The van der Waals surface area contributed by atoms with Crippen molar-refractivity contribution < 1.29 is 14.5 Å². The quantitative estimate of drug-likeness (QED) is 0.496. The van der Waals surface area contributed by atoms with Crippen LogP contribution >= 0.6 is 11.3 Å². The number of nitrogens with zero attached hydrogens (tertiary/aromatic N) is 1. The molecule has 1 N–H and O–H groups in total. The largest absolute Gasteiger partial charge is 0.466 e. The molecule has 0 saturated heterocycles. The summed E-state index contributed by atoms with van der Waals surface area (Å²) >= 11 is 1.15. The molecular formula is C14H20N2O4S. The molecule has 0 aromatic carbocycles. The fourth-order valence-corrected chi connectivity index (χ4v) is 3.34. The van der Waals surface area contributed by atoms with Gasteiger partial charge in [-0.2, -0.15) is 0 Å². The molecule has 1 aliphatic carbocycles. The molecule has 0 spiro atoms. The maximum atomic E-state index is 11.6. The van der Waals surface area contributed by atoms with Gasteiger partial charge in [-0.1, -0.05) is 11.3 Å². The van der Waals surface area contributed by atoms with Crippen LogP contribution in [0, 0.1) is 16.0 Å². The molecule has 21 heavy (non-hydrogen) atoms. The molecule has 7 heteroatoms. The van der Waals surface area contributed by atoms with E-state index in [4.69, 9.17) is 4.74 Å². The van der Waals surface area contributed by atoms with Crippen molar-refractivity contribution in [3.63, 3.8) is 0 Å². The Morgan fingerprint density at radius 2 is 2.19 bits per heavy atom. The first-order chi connectivity index (χ1) is 10.1. The van der Waals surface area contributed by atoms with E-state index in [0.717, 1.165) is 42.6 Å². The van der Waals surface area contributed by atoms with E-state index in [9.17, 15) is 14.9 Å². The van der Waals surface area contributed by atoms with Crippen LogP contribution in [0.15, 0.2) is 11.4 Å².